The summed E-state index contributed by atoms with van der Waals surface area (Å²) in [5, 5.41) is 49.9. The number of unbranched alkanes of at least 4 members (excludes halogenated alkanes) is 15. The Kier molecular flexibility index (Phi) is 27.4. The highest BCUT2D eigenvalue weighted by Gasteiger charge is 2.51. The predicted molar refractivity (Wildman–Crippen MR) is 193 cm³/mol. The molecule has 0 heterocycles. The van der Waals surface area contributed by atoms with Gasteiger partial charge in [-0.25, -0.2) is 4.57 Å². The van der Waals surface area contributed by atoms with Crippen molar-refractivity contribution < 1.29 is 58.3 Å². The number of carbonyl (C=O) groups is 1. The first-order valence-electron chi connectivity index (χ1n) is 19.2. The first-order valence-corrected chi connectivity index (χ1v) is 20.7. The molecule has 0 saturated heterocycles. The van der Waals surface area contributed by atoms with Crippen molar-refractivity contribution in [2.45, 2.75) is 185 Å². The molecule has 1 rings (SSSR count). The molecule has 1 aliphatic rings. The Bertz CT molecular complexity index is 931. The molecule has 0 amide bonds. The molecule has 0 aromatic carbocycles. The Morgan fingerprint density at radius 3 is 1.72 bits per heavy atom. The fourth-order valence-corrected chi connectivity index (χ4v) is 6.65. The molecule has 0 aliphatic heterocycles. The van der Waals surface area contributed by atoms with Crippen molar-refractivity contribution in [2.24, 2.45) is 0 Å². The average molecular weight is 737 g/mol. The van der Waals surface area contributed by atoms with Crippen molar-refractivity contribution >= 4 is 13.8 Å². The number of aliphatic hydroxyl groups is 5. The zero-order valence-electron chi connectivity index (χ0n) is 30.7. The van der Waals surface area contributed by atoms with Gasteiger partial charge >= 0.3 is 13.8 Å². The number of phosphoric ester groups is 1. The highest BCUT2D eigenvalue weighted by atomic mass is 31.2. The van der Waals surface area contributed by atoms with Gasteiger partial charge < -0.3 is 39.9 Å². The Labute approximate surface area is 300 Å². The fraction of sp³-hybridized carbons (Fsp3) is 0.865. The molecule has 12 nitrogen and oxygen atoms in total. The first-order chi connectivity index (χ1) is 24.0. The van der Waals surface area contributed by atoms with Crippen molar-refractivity contribution in [2.75, 3.05) is 19.8 Å². The lowest BCUT2D eigenvalue weighted by Gasteiger charge is -2.41. The van der Waals surface area contributed by atoms with E-state index in [9.17, 15) is 39.8 Å². The van der Waals surface area contributed by atoms with Crippen LogP contribution in [-0.2, 0) is 27.9 Å². The normalized spacial score (nSPS) is 24.6. The van der Waals surface area contributed by atoms with Gasteiger partial charge in [0.25, 0.3) is 0 Å². The summed E-state index contributed by atoms with van der Waals surface area (Å²) in [5.74, 6) is -0.494. The van der Waals surface area contributed by atoms with Crippen LogP contribution in [0.4, 0.5) is 0 Å². The summed E-state index contributed by atoms with van der Waals surface area (Å²) in [6.45, 7) is 4.15. The van der Waals surface area contributed by atoms with Crippen LogP contribution >= 0.6 is 7.82 Å². The van der Waals surface area contributed by atoms with E-state index in [0.717, 1.165) is 64.2 Å². The largest absolute Gasteiger partial charge is 0.472 e. The number of carbonyl (C=O) groups excluding carboxylic acids is 1. The minimum Gasteiger partial charge on any atom is -0.457 e. The van der Waals surface area contributed by atoms with Gasteiger partial charge in [0.2, 0.25) is 0 Å². The van der Waals surface area contributed by atoms with E-state index in [4.69, 9.17) is 18.5 Å². The number of hydrogen-bond acceptors (Lipinski definition) is 11. The van der Waals surface area contributed by atoms with Crippen LogP contribution in [0.15, 0.2) is 24.3 Å². The van der Waals surface area contributed by atoms with E-state index in [1.165, 1.54) is 51.4 Å². The van der Waals surface area contributed by atoms with Crippen LogP contribution in [0, 0.1) is 0 Å². The molecule has 13 heteroatoms. The molecule has 0 radical (unpaired) electrons. The van der Waals surface area contributed by atoms with Crippen LogP contribution in [0.1, 0.15) is 142 Å². The number of ether oxygens (including phenoxy) is 2. The number of esters is 1. The fourth-order valence-electron chi connectivity index (χ4n) is 5.68. The second-order valence-corrected chi connectivity index (χ2v) is 14.8. The van der Waals surface area contributed by atoms with Crippen LogP contribution in [0.3, 0.4) is 0 Å². The van der Waals surface area contributed by atoms with E-state index >= 15 is 0 Å². The molecular weight excluding hydrogens is 667 g/mol. The van der Waals surface area contributed by atoms with Gasteiger partial charge in [-0.3, -0.25) is 13.8 Å². The maximum atomic E-state index is 12.7. The lowest BCUT2D eigenvalue weighted by Crippen LogP contribution is -2.64. The summed E-state index contributed by atoms with van der Waals surface area (Å²) in [7, 11) is -5.00. The maximum absolute atomic E-state index is 12.7. The van der Waals surface area contributed by atoms with Crippen molar-refractivity contribution in [3.63, 3.8) is 0 Å². The third kappa shape index (κ3) is 22.0. The lowest BCUT2D eigenvalue weighted by atomic mass is 9.85. The van der Waals surface area contributed by atoms with Crippen molar-refractivity contribution in [1.29, 1.82) is 0 Å². The van der Waals surface area contributed by atoms with Crippen molar-refractivity contribution in [1.82, 2.24) is 0 Å². The van der Waals surface area contributed by atoms with Crippen LogP contribution < -0.4 is 0 Å². The van der Waals surface area contributed by atoms with Gasteiger partial charge in [0.15, 0.2) is 0 Å². The third-order valence-corrected chi connectivity index (χ3v) is 9.81. The average Bonchev–Trinajstić information content (AvgIpc) is 3.09. The summed E-state index contributed by atoms with van der Waals surface area (Å²) >= 11 is 0. The van der Waals surface area contributed by atoms with E-state index in [1.54, 1.807) is 0 Å². The summed E-state index contributed by atoms with van der Waals surface area (Å²) in [4.78, 5) is 22.9. The second kappa shape index (κ2) is 29.3. The number of rotatable bonds is 31. The monoisotopic (exact) mass is 736 g/mol. The van der Waals surface area contributed by atoms with Gasteiger partial charge in [-0.15, -0.1) is 0 Å². The summed E-state index contributed by atoms with van der Waals surface area (Å²) in [5.41, 5.74) is 0. The van der Waals surface area contributed by atoms with Gasteiger partial charge in [-0.05, 0) is 44.9 Å². The minimum absolute atomic E-state index is 0.0806. The molecule has 294 valence electrons. The van der Waals surface area contributed by atoms with E-state index < -0.39 is 63.1 Å². The van der Waals surface area contributed by atoms with Gasteiger partial charge in [-0.1, -0.05) is 115 Å². The summed E-state index contributed by atoms with van der Waals surface area (Å²) < 4.78 is 33.9. The molecule has 1 aliphatic carbocycles. The molecule has 50 heavy (non-hydrogen) atoms. The standard InChI is InChI=1S/C37H69O12P/c1-3-5-7-9-11-13-14-15-16-17-18-19-20-22-24-26-31(38)48-30(28-46-27-25-23-21-12-10-8-6-4-2)29-47-50(44,45)49-37-35(42)33(40)32(39)34(41)36(37)43/h11,13,15-16,30,32-37,39-43H,3-10,12,14,17-29H2,1-2H3,(H,44,45)/b13-11-,16-15-. The number of hydrogen-bond donors (Lipinski definition) is 6. The van der Waals surface area contributed by atoms with Crippen LogP contribution in [0.25, 0.3) is 0 Å². The predicted octanol–water partition coefficient (Wildman–Crippen LogP) is 6.19. The highest BCUT2D eigenvalue weighted by Crippen LogP contribution is 2.47. The molecule has 6 atom stereocenters. The van der Waals surface area contributed by atoms with Gasteiger partial charge in [0, 0.05) is 13.0 Å². The summed E-state index contributed by atoms with van der Waals surface area (Å²) in [6.07, 6.45) is 17.0. The Morgan fingerprint density at radius 2 is 1.12 bits per heavy atom. The minimum atomic E-state index is -5.00. The molecule has 1 saturated carbocycles. The highest BCUT2D eigenvalue weighted by molar-refractivity contribution is 7.47. The zero-order valence-corrected chi connectivity index (χ0v) is 31.6. The first kappa shape index (κ1) is 46.8. The molecular formula is C37H69O12P. The molecule has 6 N–H and O–H groups in total. The molecule has 1 fully saturated rings. The number of allylic oxidation sites excluding steroid dienone is 4. The van der Waals surface area contributed by atoms with Crippen molar-refractivity contribution in [3.05, 3.63) is 24.3 Å². The number of aliphatic hydroxyl groups excluding tert-OH is 5. The third-order valence-electron chi connectivity index (χ3n) is 8.83. The van der Waals surface area contributed by atoms with Crippen LogP contribution in [0.5, 0.6) is 0 Å². The molecule has 0 aromatic heterocycles. The molecule has 0 bridgehead atoms. The van der Waals surface area contributed by atoms with Crippen LogP contribution in [0.2, 0.25) is 0 Å². The maximum Gasteiger partial charge on any atom is 0.472 e. The Hall–Kier alpha value is -1.18. The second-order valence-electron chi connectivity index (χ2n) is 13.4. The van der Waals surface area contributed by atoms with E-state index in [2.05, 4.69) is 38.2 Å². The SMILES string of the molecule is CCCCC/C=C\C/C=C\CCCCCCCC(=O)OC(COCCCCCCCCCC)COP(=O)(O)OC1C(O)C(O)C(O)C(O)C1O. The van der Waals surface area contributed by atoms with E-state index in [-0.39, 0.29) is 13.0 Å². The molecule has 0 aromatic rings. The quantitative estimate of drug-likeness (QED) is 0.0205. The zero-order chi connectivity index (χ0) is 37.0. The molecule has 6 unspecified atom stereocenters. The summed E-state index contributed by atoms with van der Waals surface area (Å²) in [6, 6.07) is 0. The number of phosphoric acid groups is 1. The Morgan fingerprint density at radius 1 is 0.640 bits per heavy atom. The van der Waals surface area contributed by atoms with Gasteiger partial charge in [-0.2, -0.15) is 0 Å². The van der Waals surface area contributed by atoms with Gasteiger partial charge in [0.05, 0.1) is 13.2 Å². The topological polar surface area (TPSA) is 192 Å². The van der Waals surface area contributed by atoms with Crippen LogP contribution in [-0.4, -0.2) is 98.9 Å². The van der Waals surface area contributed by atoms with Crippen molar-refractivity contribution in [3.8, 4) is 0 Å². The smallest absolute Gasteiger partial charge is 0.457 e. The van der Waals surface area contributed by atoms with E-state index in [0.29, 0.717) is 13.0 Å². The molecule has 0 spiro atoms. The lowest BCUT2D eigenvalue weighted by molar-refractivity contribution is -0.220. The Balaban J connectivity index is 2.47. The van der Waals surface area contributed by atoms with E-state index in [1.807, 2.05) is 0 Å². The van der Waals surface area contributed by atoms with Gasteiger partial charge in [0.1, 0.15) is 42.7 Å².